The highest BCUT2D eigenvalue weighted by atomic mass is 16.2. The number of amides is 1. The van der Waals surface area contributed by atoms with Crippen molar-refractivity contribution in [1.82, 2.24) is 30.2 Å². The van der Waals surface area contributed by atoms with Gasteiger partial charge in [0.2, 0.25) is 5.82 Å². The van der Waals surface area contributed by atoms with E-state index in [-0.39, 0.29) is 23.3 Å². The van der Waals surface area contributed by atoms with E-state index in [0.29, 0.717) is 12.5 Å². The predicted octanol–water partition coefficient (Wildman–Crippen LogP) is 2.05. The van der Waals surface area contributed by atoms with Gasteiger partial charge in [-0.3, -0.25) is 19.5 Å². The van der Waals surface area contributed by atoms with E-state index in [9.17, 15) is 9.59 Å². The maximum absolute atomic E-state index is 12.2. The van der Waals surface area contributed by atoms with E-state index in [0.717, 1.165) is 66.9 Å². The summed E-state index contributed by atoms with van der Waals surface area (Å²) in [6, 6.07) is 4.40. The van der Waals surface area contributed by atoms with Gasteiger partial charge in [0.05, 0.1) is 29.1 Å². The number of piperazine rings is 1. The monoisotopic (exact) mass is 447 g/mol. The van der Waals surface area contributed by atoms with Crippen LogP contribution in [0.2, 0.25) is 0 Å². The number of aromatic amines is 1. The lowest BCUT2D eigenvalue weighted by Gasteiger charge is -2.39. The number of pyridine rings is 2. The molecule has 2 N–H and O–H groups in total. The highest BCUT2D eigenvalue weighted by Crippen LogP contribution is 2.25. The van der Waals surface area contributed by atoms with Gasteiger partial charge in [-0.1, -0.05) is 6.92 Å². The van der Waals surface area contributed by atoms with Crippen LogP contribution in [0.25, 0.3) is 11.0 Å². The molecule has 0 spiro atoms. The standard InChI is InChI=1S/C24H29N7O2/c1-3-16-10-20-21(29-23(16)32)11-17(12-25-20)15(2)30-6-8-31(9-7-30)19-13-26-22(27-14-19)24(33)28-18-4-5-18/h10-15,18H,3-9H2,1-2H3,(H,28,33)(H,29,32). The van der Waals surface area contributed by atoms with E-state index in [4.69, 9.17) is 0 Å². The molecule has 1 unspecified atom stereocenters. The van der Waals surface area contributed by atoms with Crippen LogP contribution in [0.3, 0.4) is 0 Å². The third-order valence-corrected chi connectivity index (χ3v) is 6.63. The van der Waals surface area contributed by atoms with Crippen molar-refractivity contribution in [3.8, 4) is 0 Å². The summed E-state index contributed by atoms with van der Waals surface area (Å²) >= 11 is 0. The SMILES string of the molecule is CCc1cc2ncc(C(C)N3CCN(c4cnc(C(=O)NC5CC5)nc4)CC3)cc2[nH]c1=O. The number of rotatable bonds is 6. The van der Waals surface area contributed by atoms with Crippen LogP contribution in [-0.2, 0) is 6.42 Å². The Labute approximate surface area is 192 Å². The van der Waals surface area contributed by atoms with Crippen molar-refractivity contribution in [2.45, 2.75) is 45.2 Å². The van der Waals surface area contributed by atoms with Gasteiger partial charge < -0.3 is 15.2 Å². The summed E-state index contributed by atoms with van der Waals surface area (Å²) in [5.41, 5.74) is 4.34. The van der Waals surface area contributed by atoms with Gasteiger partial charge in [0.15, 0.2) is 0 Å². The minimum Gasteiger partial charge on any atom is -0.366 e. The van der Waals surface area contributed by atoms with Gasteiger partial charge in [-0.05, 0) is 43.9 Å². The molecule has 2 aliphatic rings. The van der Waals surface area contributed by atoms with Crippen molar-refractivity contribution in [3.05, 3.63) is 58.0 Å². The molecular weight excluding hydrogens is 418 g/mol. The van der Waals surface area contributed by atoms with Crippen molar-refractivity contribution in [2.75, 3.05) is 31.1 Å². The largest absolute Gasteiger partial charge is 0.366 e. The molecule has 1 saturated carbocycles. The second-order valence-corrected chi connectivity index (χ2v) is 8.89. The van der Waals surface area contributed by atoms with Crippen LogP contribution in [-0.4, -0.2) is 63.0 Å². The molecule has 1 atom stereocenters. The second-order valence-electron chi connectivity index (χ2n) is 8.89. The smallest absolute Gasteiger partial charge is 0.289 e. The zero-order chi connectivity index (χ0) is 22.9. The Balaban J connectivity index is 1.22. The number of nitrogens with one attached hydrogen (secondary N) is 2. The number of hydrogen-bond acceptors (Lipinski definition) is 7. The van der Waals surface area contributed by atoms with Gasteiger partial charge in [-0.15, -0.1) is 0 Å². The Morgan fingerprint density at radius 1 is 1.12 bits per heavy atom. The maximum Gasteiger partial charge on any atom is 0.289 e. The Kier molecular flexibility index (Phi) is 5.80. The van der Waals surface area contributed by atoms with Gasteiger partial charge in [0, 0.05) is 50.0 Å². The molecule has 1 amide bonds. The predicted molar refractivity (Wildman–Crippen MR) is 126 cm³/mol. The fraction of sp³-hybridized carbons (Fsp3) is 0.458. The van der Waals surface area contributed by atoms with E-state index in [1.807, 2.05) is 25.3 Å². The third-order valence-electron chi connectivity index (χ3n) is 6.63. The van der Waals surface area contributed by atoms with Crippen molar-refractivity contribution in [3.63, 3.8) is 0 Å². The zero-order valence-electron chi connectivity index (χ0n) is 19.0. The van der Waals surface area contributed by atoms with Gasteiger partial charge >= 0.3 is 0 Å². The number of anilines is 1. The summed E-state index contributed by atoms with van der Waals surface area (Å²) < 4.78 is 0. The van der Waals surface area contributed by atoms with Gasteiger partial charge in [0.25, 0.3) is 11.5 Å². The van der Waals surface area contributed by atoms with E-state index >= 15 is 0 Å². The first kappa shape index (κ1) is 21.5. The molecule has 9 nitrogen and oxygen atoms in total. The lowest BCUT2D eigenvalue weighted by atomic mass is 10.1. The maximum atomic E-state index is 12.2. The summed E-state index contributed by atoms with van der Waals surface area (Å²) in [5, 5.41) is 2.91. The fourth-order valence-electron chi connectivity index (χ4n) is 4.29. The Bertz CT molecular complexity index is 1210. The van der Waals surface area contributed by atoms with Crippen molar-refractivity contribution < 1.29 is 4.79 Å². The highest BCUT2D eigenvalue weighted by molar-refractivity contribution is 5.90. The molecular formula is C24H29N7O2. The average Bonchev–Trinajstić information content (AvgIpc) is 3.67. The van der Waals surface area contributed by atoms with Crippen molar-refractivity contribution in [1.29, 1.82) is 0 Å². The Morgan fingerprint density at radius 3 is 2.52 bits per heavy atom. The minimum absolute atomic E-state index is 0.0384. The molecule has 3 aromatic heterocycles. The first-order valence-corrected chi connectivity index (χ1v) is 11.7. The lowest BCUT2D eigenvalue weighted by molar-refractivity contribution is 0.0940. The van der Waals surface area contributed by atoms with Gasteiger partial charge in [-0.2, -0.15) is 0 Å². The molecule has 0 bridgehead atoms. The summed E-state index contributed by atoms with van der Waals surface area (Å²) in [5.74, 6) is 0.0322. The van der Waals surface area contributed by atoms with Crippen LogP contribution < -0.4 is 15.8 Å². The van der Waals surface area contributed by atoms with Gasteiger partial charge in [0.1, 0.15) is 0 Å². The number of aryl methyl sites for hydroxylation is 1. The summed E-state index contributed by atoms with van der Waals surface area (Å²) in [6.45, 7) is 7.60. The van der Waals surface area contributed by atoms with E-state index < -0.39 is 0 Å². The molecule has 1 aliphatic heterocycles. The molecule has 1 aliphatic carbocycles. The summed E-state index contributed by atoms with van der Waals surface area (Å²) in [6.07, 6.45) is 8.16. The summed E-state index contributed by atoms with van der Waals surface area (Å²) in [4.78, 5) is 45.0. The third kappa shape index (κ3) is 4.59. The molecule has 0 radical (unpaired) electrons. The first-order chi connectivity index (χ1) is 16.0. The van der Waals surface area contributed by atoms with E-state index in [2.05, 4.69) is 42.0 Å². The van der Waals surface area contributed by atoms with E-state index in [1.165, 1.54) is 0 Å². The van der Waals surface area contributed by atoms with Crippen molar-refractivity contribution >= 4 is 22.6 Å². The van der Waals surface area contributed by atoms with Crippen molar-refractivity contribution in [2.24, 2.45) is 0 Å². The second kappa shape index (κ2) is 8.90. The number of carbonyl (C=O) groups is 1. The Hall–Kier alpha value is -3.33. The van der Waals surface area contributed by atoms with Crippen LogP contribution in [0.4, 0.5) is 5.69 Å². The van der Waals surface area contributed by atoms with Crippen LogP contribution in [0, 0.1) is 0 Å². The summed E-state index contributed by atoms with van der Waals surface area (Å²) in [7, 11) is 0. The molecule has 172 valence electrons. The number of carbonyl (C=O) groups excluding carboxylic acids is 1. The highest BCUT2D eigenvalue weighted by Gasteiger charge is 2.26. The van der Waals surface area contributed by atoms with Crippen LogP contribution >= 0.6 is 0 Å². The molecule has 33 heavy (non-hydrogen) atoms. The average molecular weight is 448 g/mol. The molecule has 5 rings (SSSR count). The van der Waals surface area contributed by atoms with E-state index in [1.54, 1.807) is 12.4 Å². The molecule has 3 aromatic rings. The number of fused-ring (bicyclic) bond motifs is 1. The normalized spacial score (nSPS) is 17.8. The fourth-order valence-corrected chi connectivity index (χ4v) is 4.29. The van der Waals surface area contributed by atoms with Gasteiger partial charge in [-0.25, -0.2) is 9.97 Å². The van der Waals surface area contributed by atoms with Crippen LogP contribution in [0.5, 0.6) is 0 Å². The first-order valence-electron chi connectivity index (χ1n) is 11.7. The molecule has 1 saturated heterocycles. The topological polar surface area (TPSA) is 107 Å². The molecule has 9 heteroatoms. The lowest BCUT2D eigenvalue weighted by Crippen LogP contribution is -2.47. The number of aromatic nitrogens is 4. The quantitative estimate of drug-likeness (QED) is 0.596. The number of H-pyrrole nitrogens is 1. The van der Waals surface area contributed by atoms with Crippen LogP contribution in [0.15, 0.2) is 35.5 Å². The molecule has 0 aromatic carbocycles. The Morgan fingerprint density at radius 2 is 1.85 bits per heavy atom. The zero-order valence-corrected chi connectivity index (χ0v) is 19.0. The molecule has 2 fully saturated rings. The van der Waals surface area contributed by atoms with Crippen LogP contribution in [0.1, 0.15) is 54.5 Å². The number of nitrogens with zero attached hydrogens (tertiary/aromatic N) is 5. The number of hydrogen-bond donors (Lipinski definition) is 2. The molecule has 4 heterocycles. The minimum atomic E-state index is -0.195.